The number of amides is 2. The minimum absolute atomic E-state index is 0.0262. The first-order valence-electron chi connectivity index (χ1n) is 8.77. The molecule has 0 fully saturated rings. The van der Waals surface area contributed by atoms with E-state index >= 15 is 0 Å². The first-order valence-corrected chi connectivity index (χ1v) is 9.65. The van der Waals surface area contributed by atoms with Crippen molar-refractivity contribution in [1.29, 1.82) is 0 Å². The van der Waals surface area contributed by atoms with E-state index in [-0.39, 0.29) is 12.1 Å². The largest absolute Gasteiger partial charge is 0.322 e. The number of nitrogens with one attached hydrogen (secondary N) is 1. The Hall–Kier alpha value is -2.59. The Morgan fingerprint density at radius 1 is 1.00 bits per heavy atom. The molecule has 0 saturated carbocycles. The van der Waals surface area contributed by atoms with Crippen molar-refractivity contribution in [2.24, 2.45) is 0 Å². The molecule has 1 aromatic heterocycles. The molecule has 1 unspecified atom stereocenters. The molecule has 0 spiro atoms. The van der Waals surface area contributed by atoms with E-state index in [0.717, 1.165) is 16.8 Å². The summed E-state index contributed by atoms with van der Waals surface area (Å²) in [6.07, 6.45) is 0. The number of carbonyl (C=O) groups excluding carboxylic acids is 1. The van der Waals surface area contributed by atoms with Crippen LogP contribution < -0.4 is 5.32 Å². The van der Waals surface area contributed by atoms with Crippen LogP contribution in [0.1, 0.15) is 34.5 Å². The van der Waals surface area contributed by atoms with Crippen LogP contribution in [0.25, 0.3) is 0 Å². The van der Waals surface area contributed by atoms with E-state index in [2.05, 4.69) is 42.7 Å². The molecule has 0 aliphatic rings. The summed E-state index contributed by atoms with van der Waals surface area (Å²) >= 11 is 1.70. The second-order valence-corrected chi connectivity index (χ2v) is 7.49. The first-order chi connectivity index (χ1) is 12.6. The van der Waals surface area contributed by atoms with Crippen molar-refractivity contribution in [1.82, 2.24) is 4.90 Å². The molecule has 4 heteroatoms. The number of thiophene rings is 1. The summed E-state index contributed by atoms with van der Waals surface area (Å²) in [5.41, 5.74) is 4.26. The topological polar surface area (TPSA) is 32.3 Å². The first kappa shape index (κ1) is 18.2. The number of hydrogen-bond donors (Lipinski definition) is 1. The average Bonchev–Trinajstić information content (AvgIpc) is 3.06. The number of urea groups is 1. The fraction of sp³-hybridized carbons (Fsp3) is 0.227. The predicted octanol–water partition coefficient (Wildman–Crippen LogP) is 6.16. The smallest absolute Gasteiger partial charge is 0.313 e. The molecule has 0 aliphatic heterocycles. The molecule has 1 N–H and O–H groups in total. The summed E-state index contributed by atoms with van der Waals surface area (Å²) in [5.74, 6) is 0. The van der Waals surface area contributed by atoms with Gasteiger partial charge in [0.25, 0.3) is 0 Å². The minimum atomic E-state index is -0.0801. The van der Waals surface area contributed by atoms with Crippen LogP contribution in [0.5, 0.6) is 0 Å². The predicted molar refractivity (Wildman–Crippen MR) is 110 cm³/mol. The summed E-state index contributed by atoms with van der Waals surface area (Å²) in [5, 5.41) is 5.16. The minimum Gasteiger partial charge on any atom is -0.313 e. The third-order valence-electron chi connectivity index (χ3n) is 4.68. The lowest BCUT2D eigenvalue weighted by molar-refractivity contribution is 0.190. The maximum atomic E-state index is 13.1. The average molecular weight is 365 g/mol. The van der Waals surface area contributed by atoms with Gasteiger partial charge in [0.2, 0.25) is 0 Å². The molecule has 3 aromatic rings. The van der Waals surface area contributed by atoms with E-state index in [1.54, 1.807) is 11.3 Å². The number of para-hydroxylation sites is 1. The third-order valence-corrected chi connectivity index (χ3v) is 5.69. The zero-order valence-corrected chi connectivity index (χ0v) is 16.2. The van der Waals surface area contributed by atoms with E-state index in [1.165, 1.54) is 10.4 Å². The van der Waals surface area contributed by atoms with Crippen molar-refractivity contribution in [3.05, 3.63) is 87.6 Å². The van der Waals surface area contributed by atoms with Crippen LogP contribution in [0, 0.1) is 13.8 Å². The second kappa shape index (κ2) is 8.19. The zero-order valence-electron chi connectivity index (χ0n) is 15.4. The number of carbonyl (C=O) groups is 1. The van der Waals surface area contributed by atoms with Gasteiger partial charge in [0.15, 0.2) is 0 Å². The highest BCUT2D eigenvalue weighted by Crippen LogP contribution is 2.27. The molecule has 1 atom stereocenters. The third kappa shape index (κ3) is 4.14. The fourth-order valence-corrected chi connectivity index (χ4v) is 3.82. The van der Waals surface area contributed by atoms with Crippen molar-refractivity contribution in [2.45, 2.75) is 33.4 Å². The van der Waals surface area contributed by atoms with E-state index in [9.17, 15) is 4.79 Å². The molecule has 134 valence electrons. The Bertz CT molecular complexity index is 873. The van der Waals surface area contributed by atoms with E-state index in [0.29, 0.717) is 6.54 Å². The fourth-order valence-electron chi connectivity index (χ4n) is 2.92. The van der Waals surface area contributed by atoms with Crippen LogP contribution in [0.3, 0.4) is 0 Å². The molecule has 3 rings (SSSR count). The Balaban J connectivity index is 1.88. The van der Waals surface area contributed by atoms with Gasteiger partial charge in [0, 0.05) is 10.6 Å². The van der Waals surface area contributed by atoms with Crippen molar-refractivity contribution >= 4 is 23.1 Å². The maximum absolute atomic E-state index is 13.1. The highest BCUT2D eigenvalue weighted by atomic mass is 32.1. The van der Waals surface area contributed by atoms with Crippen molar-refractivity contribution in [3.63, 3.8) is 0 Å². The number of nitrogens with zero attached hydrogens (tertiary/aromatic N) is 1. The monoisotopic (exact) mass is 364 g/mol. The molecule has 26 heavy (non-hydrogen) atoms. The molecule has 0 bridgehead atoms. The maximum Gasteiger partial charge on any atom is 0.322 e. The van der Waals surface area contributed by atoms with E-state index in [4.69, 9.17) is 0 Å². The van der Waals surface area contributed by atoms with Gasteiger partial charge in [-0.3, -0.25) is 0 Å². The van der Waals surface area contributed by atoms with Crippen LogP contribution in [-0.4, -0.2) is 10.9 Å². The lowest BCUT2D eigenvalue weighted by Gasteiger charge is -2.30. The summed E-state index contributed by atoms with van der Waals surface area (Å²) in [6.45, 7) is 6.77. The van der Waals surface area contributed by atoms with E-state index in [1.807, 2.05) is 54.3 Å². The molecule has 2 aromatic carbocycles. The quantitative estimate of drug-likeness (QED) is 0.578. The van der Waals surface area contributed by atoms with Crippen LogP contribution in [0.4, 0.5) is 10.5 Å². The molecule has 0 aliphatic carbocycles. The van der Waals surface area contributed by atoms with Crippen LogP contribution in [0.15, 0.2) is 66.0 Å². The molecular formula is C22H24N2OS. The van der Waals surface area contributed by atoms with Gasteiger partial charge >= 0.3 is 6.03 Å². The number of anilines is 1. The van der Waals surface area contributed by atoms with Crippen molar-refractivity contribution < 1.29 is 4.79 Å². The Morgan fingerprint density at radius 2 is 1.69 bits per heavy atom. The second-order valence-electron chi connectivity index (χ2n) is 6.49. The lowest BCUT2D eigenvalue weighted by atomic mass is 10.1. The lowest BCUT2D eigenvalue weighted by Crippen LogP contribution is -2.36. The summed E-state index contributed by atoms with van der Waals surface area (Å²) in [4.78, 5) is 16.3. The molecular weight excluding hydrogens is 340 g/mol. The van der Waals surface area contributed by atoms with Crippen LogP contribution >= 0.6 is 11.3 Å². The number of aryl methyl sites for hydroxylation is 2. The van der Waals surface area contributed by atoms with Crippen molar-refractivity contribution in [2.75, 3.05) is 5.32 Å². The Labute approximate surface area is 159 Å². The van der Waals surface area contributed by atoms with Gasteiger partial charge in [0.1, 0.15) is 0 Å². The number of benzene rings is 2. The Kier molecular flexibility index (Phi) is 5.74. The van der Waals surface area contributed by atoms with Crippen LogP contribution in [-0.2, 0) is 6.54 Å². The van der Waals surface area contributed by atoms with Gasteiger partial charge < -0.3 is 10.2 Å². The molecule has 2 amide bonds. The SMILES string of the molecule is Cc1ccccc1NC(=O)N(Cc1sccc1C)C(C)c1ccccc1. The van der Waals surface area contributed by atoms with Crippen LogP contribution in [0.2, 0.25) is 0 Å². The van der Waals surface area contributed by atoms with Gasteiger partial charge in [-0.25, -0.2) is 4.79 Å². The molecule has 0 radical (unpaired) electrons. The number of rotatable bonds is 5. The van der Waals surface area contributed by atoms with Gasteiger partial charge in [-0.2, -0.15) is 0 Å². The molecule has 1 heterocycles. The zero-order chi connectivity index (χ0) is 18.5. The number of hydrogen-bond acceptors (Lipinski definition) is 2. The normalized spacial score (nSPS) is 11.8. The van der Waals surface area contributed by atoms with Gasteiger partial charge in [-0.15, -0.1) is 11.3 Å². The standard InChI is InChI=1S/C22H24N2OS/c1-16-9-7-8-12-20(16)23-22(25)24(15-21-17(2)13-14-26-21)18(3)19-10-5-4-6-11-19/h4-14,18H,15H2,1-3H3,(H,23,25). The summed E-state index contributed by atoms with van der Waals surface area (Å²) < 4.78 is 0. The van der Waals surface area contributed by atoms with Crippen molar-refractivity contribution in [3.8, 4) is 0 Å². The van der Waals surface area contributed by atoms with E-state index < -0.39 is 0 Å². The highest BCUT2D eigenvalue weighted by molar-refractivity contribution is 7.10. The van der Waals surface area contributed by atoms with Gasteiger partial charge in [-0.1, -0.05) is 48.5 Å². The van der Waals surface area contributed by atoms with Gasteiger partial charge in [-0.05, 0) is 55.0 Å². The molecule has 0 saturated heterocycles. The Morgan fingerprint density at radius 3 is 2.35 bits per heavy atom. The highest BCUT2D eigenvalue weighted by Gasteiger charge is 2.23. The summed E-state index contributed by atoms with van der Waals surface area (Å²) in [7, 11) is 0. The molecule has 3 nitrogen and oxygen atoms in total. The summed E-state index contributed by atoms with van der Waals surface area (Å²) in [6, 6.07) is 20.0. The van der Waals surface area contributed by atoms with Gasteiger partial charge in [0.05, 0.1) is 12.6 Å².